The van der Waals surface area contributed by atoms with Gasteiger partial charge in [-0.3, -0.25) is 0 Å². The van der Waals surface area contributed by atoms with Crippen LogP contribution in [0.25, 0.3) is 0 Å². The first-order chi connectivity index (χ1) is 19.8. The third kappa shape index (κ3) is 13.5. The van der Waals surface area contributed by atoms with Crippen molar-refractivity contribution in [3.8, 4) is 11.5 Å². The van der Waals surface area contributed by atoms with Crippen LogP contribution in [0.1, 0.15) is 71.7 Å². The highest BCUT2D eigenvalue weighted by Gasteiger charge is 2.10. The molecule has 1 atom stereocenters. The fraction of sp³-hybridized carbons (Fsp3) is 0.406. The molecule has 0 heterocycles. The van der Waals surface area contributed by atoms with Crippen molar-refractivity contribution in [1.82, 2.24) is 5.32 Å². The summed E-state index contributed by atoms with van der Waals surface area (Å²) in [5.41, 5.74) is 7.97. The number of anilines is 1. The summed E-state index contributed by atoms with van der Waals surface area (Å²) in [7, 11) is 0. The second-order valence-corrected chi connectivity index (χ2v) is 9.82. The number of hydrogen-bond acceptors (Lipinski definition) is 8. The highest BCUT2D eigenvalue weighted by molar-refractivity contribution is 5.91. The van der Waals surface area contributed by atoms with Gasteiger partial charge in [-0.15, -0.1) is 0 Å². The number of ether oxygens (including phenoxy) is 1. The Morgan fingerprint density at radius 2 is 1.54 bits per heavy atom. The molecular formula is C32H44N2O7. The molecule has 41 heavy (non-hydrogen) atoms. The Labute approximate surface area is 242 Å². The lowest BCUT2D eigenvalue weighted by Gasteiger charge is -2.14. The van der Waals surface area contributed by atoms with Crippen LogP contribution in [0.3, 0.4) is 0 Å². The number of aliphatic hydroxyl groups excluding tert-OH is 2. The first-order valence-electron chi connectivity index (χ1n) is 14.1. The van der Waals surface area contributed by atoms with Gasteiger partial charge in [-0.25, -0.2) is 4.79 Å². The maximum atomic E-state index is 10.4. The molecule has 0 amide bonds. The summed E-state index contributed by atoms with van der Waals surface area (Å²) in [4.78, 5) is 10.4. The molecule has 0 radical (unpaired) electrons. The van der Waals surface area contributed by atoms with E-state index in [0.717, 1.165) is 58.3 Å². The van der Waals surface area contributed by atoms with E-state index in [4.69, 9.17) is 20.7 Å². The van der Waals surface area contributed by atoms with Crippen molar-refractivity contribution in [2.24, 2.45) is 0 Å². The van der Waals surface area contributed by atoms with Crippen molar-refractivity contribution in [1.29, 1.82) is 0 Å². The lowest BCUT2D eigenvalue weighted by atomic mass is 10.1. The molecule has 0 saturated carbocycles. The van der Waals surface area contributed by atoms with Crippen molar-refractivity contribution in [2.75, 3.05) is 32.0 Å². The summed E-state index contributed by atoms with van der Waals surface area (Å²) in [5, 5.41) is 49.7. The van der Waals surface area contributed by atoms with Crippen molar-refractivity contribution >= 4 is 11.7 Å². The first-order valence-corrected chi connectivity index (χ1v) is 14.1. The summed E-state index contributed by atoms with van der Waals surface area (Å²) in [6, 6.07) is 19.3. The Balaban J connectivity index is 0.000000446. The second kappa shape index (κ2) is 19.4. The number of carbonyl (C=O) groups is 1. The van der Waals surface area contributed by atoms with Crippen molar-refractivity contribution in [3.05, 3.63) is 89.0 Å². The maximum absolute atomic E-state index is 10.4. The molecule has 0 aliphatic heterocycles. The van der Waals surface area contributed by atoms with E-state index in [9.17, 15) is 20.1 Å². The average Bonchev–Trinajstić information content (AvgIpc) is 2.97. The molecule has 0 aliphatic rings. The Kier molecular flexibility index (Phi) is 15.9. The zero-order valence-corrected chi connectivity index (χ0v) is 23.5. The van der Waals surface area contributed by atoms with E-state index in [-0.39, 0.29) is 23.7 Å². The van der Waals surface area contributed by atoms with Crippen molar-refractivity contribution < 1.29 is 35.1 Å². The maximum Gasteiger partial charge on any atom is 0.339 e. The number of aromatic carboxylic acids is 1. The number of nitrogen functional groups attached to an aromatic ring is 1. The zero-order chi connectivity index (χ0) is 29.9. The summed E-state index contributed by atoms with van der Waals surface area (Å²) in [5.74, 6) is -1.40. The van der Waals surface area contributed by atoms with Gasteiger partial charge in [-0.2, -0.15) is 0 Å². The molecule has 0 bridgehead atoms. The van der Waals surface area contributed by atoms with Gasteiger partial charge in [0.2, 0.25) is 0 Å². The molecule has 3 rings (SSSR count). The van der Waals surface area contributed by atoms with Crippen LogP contribution in [-0.4, -0.2) is 57.8 Å². The molecule has 0 fully saturated rings. The number of aliphatic hydroxyl groups is 2. The third-order valence-electron chi connectivity index (χ3n) is 6.49. The molecule has 3 aromatic carbocycles. The molecule has 0 aliphatic carbocycles. The number of aryl methyl sites for hydroxylation is 1. The number of rotatable bonds is 17. The highest BCUT2D eigenvalue weighted by Crippen LogP contribution is 2.22. The molecular weight excluding hydrogens is 524 g/mol. The lowest BCUT2D eigenvalue weighted by Crippen LogP contribution is -2.22. The van der Waals surface area contributed by atoms with Crippen LogP contribution in [0.15, 0.2) is 66.7 Å². The number of nitrogens with one attached hydrogen (secondary N) is 1. The predicted molar refractivity (Wildman–Crippen MR) is 160 cm³/mol. The van der Waals surface area contributed by atoms with Crippen LogP contribution in [-0.2, 0) is 17.8 Å². The molecule has 3 aromatic rings. The van der Waals surface area contributed by atoms with Crippen molar-refractivity contribution in [2.45, 2.75) is 57.7 Å². The lowest BCUT2D eigenvalue weighted by molar-refractivity contribution is 0.0693. The van der Waals surface area contributed by atoms with E-state index >= 15 is 0 Å². The van der Waals surface area contributed by atoms with Gasteiger partial charge in [0.15, 0.2) is 0 Å². The Morgan fingerprint density at radius 3 is 2.22 bits per heavy atom. The first kappa shape index (κ1) is 33.6. The van der Waals surface area contributed by atoms with E-state index in [1.165, 1.54) is 36.2 Å². The molecule has 0 saturated heterocycles. The average molecular weight is 569 g/mol. The molecule has 0 aromatic heterocycles. The van der Waals surface area contributed by atoms with E-state index in [1.54, 1.807) is 12.1 Å². The summed E-state index contributed by atoms with van der Waals surface area (Å²) in [6.45, 7) is 2.77. The van der Waals surface area contributed by atoms with E-state index in [2.05, 4.69) is 35.6 Å². The molecule has 9 nitrogen and oxygen atoms in total. The number of carboxylic acids is 1. The smallest absolute Gasteiger partial charge is 0.339 e. The standard InChI is InChI=1S/C25H37NO4.C7H7NO3/c27-20-23-18-22(13-14-24(23)28)25(29)19-26-15-7-1-2-8-16-30-17-9-6-12-21-10-4-3-5-11-21;8-4-1-2-6(9)5(3-4)7(10)11/h3-5,10-11,13-14,18,25-29H,1-2,6-9,12,15-17,19-20H2;1-3,9H,8H2,(H,10,11). The summed E-state index contributed by atoms with van der Waals surface area (Å²) < 4.78 is 5.72. The largest absolute Gasteiger partial charge is 0.508 e. The summed E-state index contributed by atoms with van der Waals surface area (Å²) >= 11 is 0. The van der Waals surface area contributed by atoms with Gasteiger partial charge in [0.25, 0.3) is 0 Å². The number of hydrogen-bond donors (Lipinski definition) is 7. The van der Waals surface area contributed by atoms with Gasteiger partial charge in [-0.1, -0.05) is 49.2 Å². The minimum Gasteiger partial charge on any atom is -0.508 e. The van der Waals surface area contributed by atoms with Gasteiger partial charge in [0.05, 0.1) is 12.7 Å². The quantitative estimate of drug-likeness (QED) is 0.0689. The van der Waals surface area contributed by atoms with Crippen LogP contribution in [0, 0.1) is 0 Å². The third-order valence-corrected chi connectivity index (χ3v) is 6.49. The Bertz CT molecular complexity index is 1160. The molecule has 0 spiro atoms. The predicted octanol–water partition coefficient (Wildman–Crippen LogP) is 4.78. The van der Waals surface area contributed by atoms with E-state index in [0.29, 0.717) is 23.4 Å². The number of aromatic hydroxyl groups is 2. The van der Waals surface area contributed by atoms with E-state index < -0.39 is 12.1 Å². The zero-order valence-electron chi connectivity index (χ0n) is 23.5. The summed E-state index contributed by atoms with van der Waals surface area (Å²) in [6.07, 6.45) is 7.24. The number of benzene rings is 3. The number of phenols is 2. The fourth-order valence-corrected chi connectivity index (χ4v) is 4.11. The number of carboxylic acid groups (broad SMARTS) is 1. The minimum atomic E-state index is -1.19. The topological polar surface area (TPSA) is 165 Å². The van der Waals surface area contributed by atoms with Crippen LogP contribution in [0.4, 0.5) is 5.69 Å². The van der Waals surface area contributed by atoms with Gasteiger partial charge in [0.1, 0.15) is 17.1 Å². The van der Waals surface area contributed by atoms with Crippen LogP contribution >= 0.6 is 0 Å². The highest BCUT2D eigenvalue weighted by atomic mass is 16.5. The van der Waals surface area contributed by atoms with Gasteiger partial charge < -0.3 is 41.3 Å². The van der Waals surface area contributed by atoms with Gasteiger partial charge in [0, 0.05) is 31.0 Å². The SMILES string of the molecule is Nc1ccc(O)c(C(=O)O)c1.OCc1cc(C(O)CNCCCCCCOCCCCc2ccccc2)ccc1O. The number of nitrogens with two attached hydrogens (primary N) is 1. The van der Waals surface area contributed by atoms with Crippen molar-refractivity contribution in [3.63, 3.8) is 0 Å². The molecule has 224 valence electrons. The minimum absolute atomic E-state index is 0.0533. The van der Waals surface area contributed by atoms with Crippen LogP contribution < -0.4 is 11.1 Å². The second-order valence-electron chi connectivity index (χ2n) is 9.82. The van der Waals surface area contributed by atoms with E-state index in [1.807, 2.05) is 0 Å². The van der Waals surface area contributed by atoms with Crippen LogP contribution in [0.2, 0.25) is 0 Å². The Morgan fingerprint density at radius 1 is 0.854 bits per heavy atom. The van der Waals surface area contributed by atoms with Gasteiger partial charge in [-0.05, 0) is 80.1 Å². The Hall–Kier alpha value is -3.63. The van der Waals surface area contributed by atoms with Crippen LogP contribution in [0.5, 0.6) is 11.5 Å². The molecule has 9 heteroatoms. The molecule has 8 N–H and O–H groups in total. The molecule has 1 unspecified atom stereocenters. The van der Waals surface area contributed by atoms with Gasteiger partial charge >= 0.3 is 5.97 Å². The fourth-order valence-electron chi connectivity index (χ4n) is 4.11. The number of unbranched alkanes of at least 4 members (excludes halogenated alkanes) is 4. The normalized spacial score (nSPS) is 11.5. The monoisotopic (exact) mass is 568 g/mol.